The fraction of sp³-hybridized carbons (Fsp3) is 0.462. The number of fused-ring (bicyclic) bond motifs is 1. The maximum Gasteiger partial charge on any atom is 0.337 e. The summed E-state index contributed by atoms with van der Waals surface area (Å²) in [6, 6.07) is 6.00. The van der Waals surface area contributed by atoms with Crippen LogP contribution >= 0.6 is 15.9 Å². The van der Waals surface area contributed by atoms with Crippen molar-refractivity contribution < 1.29 is 9.63 Å². The van der Waals surface area contributed by atoms with Crippen LogP contribution in [-0.4, -0.2) is 12.5 Å². The Balaban J connectivity index is 2.15. The maximum atomic E-state index is 11.8. The van der Waals surface area contributed by atoms with Gasteiger partial charge in [0, 0.05) is 4.47 Å². The molecule has 1 heterocycles. The third kappa shape index (κ3) is 2.63. The molecule has 17 heavy (non-hydrogen) atoms. The van der Waals surface area contributed by atoms with Crippen LogP contribution in [0.15, 0.2) is 22.7 Å². The zero-order chi connectivity index (χ0) is 12.6. The second-order valence-electron chi connectivity index (χ2n) is 5.25. The molecule has 1 aromatic carbocycles. The van der Waals surface area contributed by atoms with Gasteiger partial charge in [-0.1, -0.05) is 15.9 Å². The predicted octanol–water partition coefficient (Wildman–Crippen LogP) is 3.32. The molecule has 0 aromatic heterocycles. The highest BCUT2D eigenvalue weighted by Crippen LogP contribution is 2.31. The van der Waals surface area contributed by atoms with E-state index in [9.17, 15) is 4.79 Å². The molecule has 0 aliphatic carbocycles. The van der Waals surface area contributed by atoms with Crippen LogP contribution in [0.25, 0.3) is 0 Å². The quantitative estimate of drug-likeness (QED) is 0.796. The van der Waals surface area contributed by atoms with E-state index in [0.29, 0.717) is 0 Å². The summed E-state index contributed by atoms with van der Waals surface area (Å²) < 4.78 is 1.06. The van der Waals surface area contributed by atoms with Crippen LogP contribution in [0, 0.1) is 5.41 Å². The van der Waals surface area contributed by atoms with Crippen molar-refractivity contribution in [3.8, 4) is 0 Å². The lowest BCUT2D eigenvalue weighted by atomic mass is 9.98. The summed E-state index contributed by atoms with van der Waals surface area (Å²) in [5, 5.41) is 1.69. The van der Waals surface area contributed by atoms with Crippen LogP contribution in [0.2, 0.25) is 0 Å². The summed E-state index contributed by atoms with van der Waals surface area (Å²) in [4.78, 5) is 17.2. The first kappa shape index (κ1) is 12.4. The number of carbonyl (C=O) groups is 1. The van der Waals surface area contributed by atoms with Gasteiger partial charge < -0.3 is 4.84 Å². The average molecular weight is 298 g/mol. The van der Waals surface area contributed by atoms with Gasteiger partial charge in [0.25, 0.3) is 0 Å². The van der Waals surface area contributed by atoms with Crippen LogP contribution < -0.4 is 5.06 Å². The van der Waals surface area contributed by atoms with Crippen molar-refractivity contribution in [1.29, 1.82) is 0 Å². The number of hydrogen-bond acceptors (Lipinski definition) is 3. The van der Waals surface area contributed by atoms with E-state index in [1.807, 2.05) is 32.9 Å². The summed E-state index contributed by atoms with van der Waals surface area (Å²) >= 11 is 3.44. The Morgan fingerprint density at radius 3 is 2.76 bits per heavy atom. The Hall–Kier alpha value is -1.03. The van der Waals surface area contributed by atoms with Crippen LogP contribution in [0.4, 0.5) is 5.69 Å². The molecular weight excluding hydrogens is 282 g/mol. The molecule has 0 saturated heterocycles. The minimum Gasteiger partial charge on any atom is -0.340 e. The van der Waals surface area contributed by atoms with Gasteiger partial charge in [0.15, 0.2) is 0 Å². The Morgan fingerprint density at radius 1 is 1.41 bits per heavy atom. The maximum absolute atomic E-state index is 11.8. The highest BCUT2D eigenvalue weighted by atomic mass is 79.9. The molecule has 0 bridgehead atoms. The van der Waals surface area contributed by atoms with Crippen molar-refractivity contribution in [3.05, 3.63) is 28.2 Å². The Morgan fingerprint density at radius 2 is 2.12 bits per heavy atom. The molecule has 0 atom stereocenters. The van der Waals surface area contributed by atoms with Crippen LogP contribution in [0.1, 0.15) is 26.3 Å². The number of hydrogen-bond donors (Lipinski definition) is 0. The fourth-order valence-electron chi connectivity index (χ4n) is 1.67. The number of rotatable bonds is 1. The third-order valence-corrected chi connectivity index (χ3v) is 3.19. The SMILES string of the molecule is CC(C)(C)C(=O)ON1CCc2cc(Br)ccc21. The molecule has 2 rings (SSSR count). The number of halogens is 1. The molecule has 0 radical (unpaired) electrons. The van der Waals surface area contributed by atoms with Crippen molar-refractivity contribution in [2.75, 3.05) is 11.6 Å². The number of anilines is 1. The molecule has 1 aliphatic heterocycles. The van der Waals surface area contributed by atoms with E-state index in [-0.39, 0.29) is 5.97 Å². The second-order valence-corrected chi connectivity index (χ2v) is 6.17. The average Bonchev–Trinajstić information content (AvgIpc) is 2.59. The molecule has 0 N–H and O–H groups in total. The second kappa shape index (κ2) is 4.33. The van der Waals surface area contributed by atoms with Gasteiger partial charge in [0.2, 0.25) is 0 Å². The van der Waals surface area contributed by atoms with Gasteiger partial charge in [0.1, 0.15) is 0 Å². The van der Waals surface area contributed by atoms with Crippen LogP contribution in [-0.2, 0) is 16.1 Å². The summed E-state index contributed by atoms with van der Waals surface area (Å²) in [5.74, 6) is -0.201. The summed E-state index contributed by atoms with van der Waals surface area (Å²) in [6.45, 7) is 6.29. The largest absolute Gasteiger partial charge is 0.340 e. The van der Waals surface area contributed by atoms with Crippen molar-refractivity contribution in [1.82, 2.24) is 0 Å². The van der Waals surface area contributed by atoms with Crippen LogP contribution in [0.3, 0.4) is 0 Å². The molecule has 1 aliphatic rings. The zero-order valence-corrected chi connectivity index (χ0v) is 11.9. The first-order chi connectivity index (χ1) is 7.88. The summed E-state index contributed by atoms with van der Waals surface area (Å²) in [7, 11) is 0. The third-order valence-electron chi connectivity index (χ3n) is 2.70. The predicted molar refractivity (Wildman–Crippen MR) is 70.7 cm³/mol. The molecule has 1 aromatic rings. The summed E-state index contributed by atoms with van der Waals surface area (Å²) in [5.41, 5.74) is 1.73. The van der Waals surface area contributed by atoms with E-state index < -0.39 is 5.41 Å². The molecule has 0 unspecified atom stereocenters. The minimum atomic E-state index is -0.474. The van der Waals surface area contributed by atoms with Gasteiger partial charge >= 0.3 is 5.97 Å². The van der Waals surface area contributed by atoms with Gasteiger partial charge in [-0.05, 0) is 51.0 Å². The van der Waals surface area contributed by atoms with Gasteiger partial charge in [-0.2, -0.15) is 0 Å². The number of benzene rings is 1. The van der Waals surface area contributed by atoms with E-state index in [0.717, 1.165) is 23.1 Å². The van der Waals surface area contributed by atoms with Gasteiger partial charge in [0.05, 0.1) is 17.6 Å². The normalized spacial score (nSPS) is 14.7. The summed E-state index contributed by atoms with van der Waals surface area (Å²) in [6.07, 6.45) is 0.909. The van der Waals surface area contributed by atoms with E-state index in [1.165, 1.54) is 5.56 Å². The van der Waals surface area contributed by atoms with E-state index in [4.69, 9.17) is 4.84 Å². The molecule has 0 amide bonds. The Bertz CT molecular complexity index is 451. The number of hydroxylamine groups is 1. The number of carbonyl (C=O) groups excluding carboxylic acids is 1. The molecule has 0 spiro atoms. The molecule has 4 heteroatoms. The molecule has 92 valence electrons. The van der Waals surface area contributed by atoms with Gasteiger partial charge in [-0.15, -0.1) is 0 Å². The standard InChI is InChI=1S/C13H16BrNO2/c1-13(2,3)12(16)17-15-7-6-9-8-10(14)4-5-11(9)15/h4-5,8H,6-7H2,1-3H3. The highest BCUT2D eigenvalue weighted by Gasteiger charge is 2.29. The van der Waals surface area contributed by atoms with Crippen molar-refractivity contribution in [2.24, 2.45) is 5.41 Å². The highest BCUT2D eigenvalue weighted by molar-refractivity contribution is 9.10. The zero-order valence-electron chi connectivity index (χ0n) is 10.3. The first-order valence-electron chi connectivity index (χ1n) is 5.66. The van der Waals surface area contributed by atoms with E-state index >= 15 is 0 Å². The Kier molecular flexibility index (Phi) is 3.17. The lowest BCUT2D eigenvalue weighted by Crippen LogP contribution is -2.32. The Labute approximate surface area is 110 Å². The van der Waals surface area contributed by atoms with Gasteiger partial charge in [-0.25, -0.2) is 9.86 Å². The van der Waals surface area contributed by atoms with Crippen molar-refractivity contribution in [2.45, 2.75) is 27.2 Å². The minimum absolute atomic E-state index is 0.201. The lowest BCUT2D eigenvalue weighted by molar-refractivity contribution is -0.154. The first-order valence-corrected chi connectivity index (χ1v) is 6.45. The van der Waals surface area contributed by atoms with Crippen LogP contribution in [0.5, 0.6) is 0 Å². The molecular formula is C13H16BrNO2. The molecule has 3 nitrogen and oxygen atoms in total. The molecule has 0 fully saturated rings. The van der Waals surface area contributed by atoms with Crippen molar-refractivity contribution >= 4 is 27.6 Å². The molecule has 0 saturated carbocycles. The van der Waals surface area contributed by atoms with Gasteiger partial charge in [-0.3, -0.25) is 0 Å². The monoisotopic (exact) mass is 297 g/mol. The topological polar surface area (TPSA) is 29.5 Å². The lowest BCUT2D eigenvalue weighted by Gasteiger charge is -2.23. The smallest absolute Gasteiger partial charge is 0.337 e. The number of nitrogens with zero attached hydrogens (tertiary/aromatic N) is 1. The van der Waals surface area contributed by atoms with E-state index in [1.54, 1.807) is 5.06 Å². The fourth-order valence-corrected chi connectivity index (χ4v) is 2.08. The van der Waals surface area contributed by atoms with E-state index in [2.05, 4.69) is 22.0 Å². The van der Waals surface area contributed by atoms with Crippen molar-refractivity contribution in [3.63, 3.8) is 0 Å².